The van der Waals surface area contributed by atoms with E-state index < -0.39 is 0 Å². The molecule has 78 valence electrons. The van der Waals surface area contributed by atoms with Gasteiger partial charge in [-0.25, -0.2) is 4.98 Å². The van der Waals surface area contributed by atoms with Crippen molar-refractivity contribution in [2.45, 2.75) is 26.2 Å². The molecule has 0 unspecified atom stereocenters. The molecule has 1 N–H and O–H groups in total. The van der Waals surface area contributed by atoms with E-state index in [9.17, 15) is 0 Å². The first-order chi connectivity index (χ1) is 6.54. The zero-order chi connectivity index (χ0) is 10.6. The van der Waals surface area contributed by atoms with Crippen molar-refractivity contribution in [2.75, 3.05) is 13.2 Å². The number of nitrogens with zero attached hydrogens (tertiary/aromatic N) is 1. The molecule has 0 aliphatic carbocycles. The molecule has 1 aromatic rings. The number of aromatic nitrogens is 1. The molecular weight excluding hydrogens is 178 g/mol. The van der Waals surface area contributed by atoms with Gasteiger partial charge in [-0.15, -0.1) is 0 Å². The third kappa shape index (κ3) is 3.00. The Morgan fingerprint density at radius 1 is 1.36 bits per heavy atom. The predicted molar refractivity (Wildman–Crippen MR) is 55.5 cm³/mol. The molecule has 0 aliphatic rings. The summed E-state index contributed by atoms with van der Waals surface area (Å²) in [6.45, 7) is 6.72. The van der Waals surface area contributed by atoms with Gasteiger partial charge in [0.2, 0.25) is 5.88 Å². The van der Waals surface area contributed by atoms with Gasteiger partial charge in [0.25, 0.3) is 0 Å². The number of ether oxygens (including phenoxy) is 1. The molecule has 0 aromatic carbocycles. The molecule has 1 heterocycles. The highest BCUT2D eigenvalue weighted by Gasteiger charge is 2.13. The predicted octanol–water partition coefficient (Wildman–Crippen LogP) is 1.75. The average Bonchev–Trinajstić information content (AvgIpc) is 2.14. The van der Waals surface area contributed by atoms with E-state index in [0.29, 0.717) is 12.5 Å². The van der Waals surface area contributed by atoms with Crippen molar-refractivity contribution in [3.05, 3.63) is 23.9 Å². The first kappa shape index (κ1) is 11.0. The summed E-state index contributed by atoms with van der Waals surface area (Å²) >= 11 is 0. The largest absolute Gasteiger partial charge is 0.475 e. The fraction of sp³-hybridized carbons (Fsp3) is 0.545. The van der Waals surface area contributed by atoms with E-state index in [1.165, 1.54) is 5.56 Å². The molecule has 3 nitrogen and oxygen atoms in total. The van der Waals surface area contributed by atoms with E-state index in [4.69, 9.17) is 9.84 Å². The van der Waals surface area contributed by atoms with Crippen LogP contribution >= 0.6 is 0 Å². The fourth-order valence-corrected chi connectivity index (χ4v) is 1.06. The van der Waals surface area contributed by atoms with Gasteiger partial charge in [-0.2, -0.15) is 0 Å². The first-order valence-corrected chi connectivity index (χ1v) is 4.74. The Labute approximate surface area is 84.7 Å². The van der Waals surface area contributed by atoms with Crippen LogP contribution in [0.1, 0.15) is 26.3 Å². The van der Waals surface area contributed by atoms with Gasteiger partial charge in [-0.3, -0.25) is 0 Å². The zero-order valence-electron chi connectivity index (χ0n) is 8.95. The van der Waals surface area contributed by atoms with Crippen LogP contribution in [-0.4, -0.2) is 23.3 Å². The number of aliphatic hydroxyl groups excluding tert-OH is 1. The Balaban J connectivity index is 2.69. The van der Waals surface area contributed by atoms with Crippen molar-refractivity contribution < 1.29 is 9.84 Å². The number of aliphatic hydroxyl groups is 1. The normalized spacial score (nSPS) is 11.4. The summed E-state index contributed by atoms with van der Waals surface area (Å²) < 4.78 is 5.16. The Hall–Kier alpha value is -1.09. The van der Waals surface area contributed by atoms with Gasteiger partial charge in [-0.1, -0.05) is 26.8 Å². The number of hydrogen-bond acceptors (Lipinski definition) is 3. The second kappa shape index (κ2) is 4.42. The Morgan fingerprint density at radius 3 is 2.50 bits per heavy atom. The maximum absolute atomic E-state index is 8.56. The summed E-state index contributed by atoms with van der Waals surface area (Å²) in [7, 11) is 0. The topological polar surface area (TPSA) is 42.4 Å². The quantitative estimate of drug-likeness (QED) is 0.799. The van der Waals surface area contributed by atoms with E-state index >= 15 is 0 Å². The number of rotatable bonds is 3. The van der Waals surface area contributed by atoms with Crippen LogP contribution in [0.25, 0.3) is 0 Å². The summed E-state index contributed by atoms with van der Waals surface area (Å²) in [5.41, 5.74) is 1.29. The lowest BCUT2D eigenvalue weighted by atomic mass is 9.88. The van der Waals surface area contributed by atoms with Crippen LogP contribution in [0.4, 0.5) is 0 Å². The Morgan fingerprint density at radius 2 is 2.07 bits per heavy atom. The van der Waals surface area contributed by atoms with Crippen molar-refractivity contribution in [1.82, 2.24) is 4.98 Å². The van der Waals surface area contributed by atoms with Crippen LogP contribution in [-0.2, 0) is 5.41 Å². The lowest BCUT2D eigenvalue weighted by Gasteiger charge is -2.18. The van der Waals surface area contributed by atoms with E-state index in [1.54, 1.807) is 0 Å². The van der Waals surface area contributed by atoms with E-state index in [2.05, 4.69) is 25.8 Å². The summed E-state index contributed by atoms with van der Waals surface area (Å²) in [4.78, 5) is 4.15. The Kier molecular flexibility index (Phi) is 3.47. The zero-order valence-corrected chi connectivity index (χ0v) is 8.95. The summed E-state index contributed by atoms with van der Waals surface area (Å²) in [5.74, 6) is 0.562. The molecule has 0 saturated heterocycles. The Bertz CT molecular complexity index is 274. The van der Waals surface area contributed by atoms with Crippen molar-refractivity contribution in [3.8, 4) is 5.88 Å². The van der Waals surface area contributed by atoms with Gasteiger partial charge in [-0.05, 0) is 11.0 Å². The van der Waals surface area contributed by atoms with Crippen LogP contribution in [0.5, 0.6) is 5.88 Å². The molecule has 0 radical (unpaired) electrons. The molecule has 0 saturated carbocycles. The smallest absolute Gasteiger partial charge is 0.213 e. The standard InChI is InChI=1S/C11H17NO2/c1-11(2,3)9-4-5-10(12-8-9)14-7-6-13/h4-5,8,13H,6-7H2,1-3H3. The van der Waals surface area contributed by atoms with Crippen molar-refractivity contribution >= 4 is 0 Å². The number of hydrogen-bond donors (Lipinski definition) is 1. The monoisotopic (exact) mass is 195 g/mol. The molecule has 0 spiro atoms. The van der Waals surface area contributed by atoms with Crippen molar-refractivity contribution in [3.63, 3.8) is 0 Å². The molecule has 0 aliphatic heterocycles. The third-order valence-corrected chi connectivity index (χ3v) is 1.94. The molecule has 0 atom stereocenters. The first-order valence-electron chi connectivity index (χ1n) is 4.74. The van der Waals surface area contributed by atoms with Crippen molar-refractivity contribution in [1.29, 1.82) is 0 Å². The highest BCUT2D eigenvalue weighted by molar-refractivity contribution is 5.23. The molecule has 0 amide bonds. The van der Waals surface area contributed by atoms with Crippen LogP contribution in [0.2, 0.25) is 0 Å². The van der Waals surface area contributed by atoms with Gasteiger partial charge < -0.3 is 9.84 Å². The molecular formula is C11H17NO2. The molecule has 3 heteroatoms. The van der Waals surface area contributed by atoms with E-state index in [1.807, 2.05) is 18.3 Å². The van der Waals surface area contributed by atoms with Crippen LogP contribution in [0.3, 0.4) is 0 Å². The lowest BCUT2D eigenvalue weighted by Crippen LogP contribution is -2.11. The van der Waals surface area contributed by atoms with Crippen LogP contribution in [0.15, 0.2) is 18.3 Å². The minimum Gasteiger partial charge on any atom is -0.475 e. The lowest BCUT2D eigenvalue weighted by molar-refractivity contribution is 0.196. The van der Waals surface area contributed by atoms with Gasteiger partial charge in [0.05, 0.1) is 6.61 Å². The van der Waals surface area contributed by atoms with Gasteiger partial charge in [0, 0.05) is 12.3 Å². The van der Waals surface area contributed by atoms with Crippen LogP contribution < -0.4 is 4.74 Å². The van der Waals surface area contributed by atoms with Gasteiger partial charge in [0.1, 0.15) is 6.61 Å². The van der Waals surface area contributed by atoms with Gasteiger partial charge in [0.15, 0.2) is 0 Å². The second-order valence-corrected chi connectivity index (χ2v) is 4.21. The summed E-state index contributed by atoms with van der Waals surface area (Å²) in [6, 6.07) is 3.83. The molecule has 14 heavy (non-hydrogen) atoms. The second-order valence-electron chi connectivity index (χ2n) is 4.21. The number of pyridine rings is 1. The summed E-state index contributed by atoms with van der Waals surface area (Å²) in [6.07, 6.45) is 1.81. The third-order valence-electron chi connectivity index (χ3n) is 1.94. The molecule has 1 rings (SSSR count). The minimum atomic E-state index is 0.0166. The van der Waals surface area contributed by atoms with E-state index in [-0.39, 0.29) is 12.0 Å². The van der Waals surface area contributed by atoms with Crippen LogP contribution in [0, 0.1) is 0 Å². The maximum Gasteiger partial charge on any atom is 0.213 e. The average molecular weight is 195 g/mol. The maximum atomic E-state index is 8.56. The molecule has 0 bridgehead atoms. The highest BCUT2D eigenvalue weighted by atomic mass is 16.5. The molecule has 0 fully saturated rings. The van der Waals surface area contributed by atoms with Gasteiger partial charge >= 0.3 is 0 Å². The SMILES string of the molecule is CC(C)(C)c1ccc(OCCO)nc1. The summed E-state index contributed by atoms with van der Waals surface area (Å²) in [5, 5.41) is 8.56. The molecule has 1 aromatic heterocycles. The highest BCUT2D eigenvalue weighted by Crippen LogP contribution is 2.22. The minimum absolute atomic E-state index is 0.0166. The van der Waals surface area contributed by atoms with E-state index in [0.717, 1.165) is 0 Å². The van der Waals surface area contributed by atoms with Crippen molar-refractivity contribution in [2.24, 2.45) is 0 Å². The fourth-order valence-electron chi connectivity index (χ4n) is 1.06.